The summed E-state index contributed by atoms with van der Waals surface area (Å²) in [5.41, 5.74) is 3.37. The number of hydrogen-bond acceptors (Lipinski definition) is 2. The molecule has 0 aliphatic carbocycles. The minimum atomic E-state index is -0.257. The van der Waals surface area contributed by atoms with Crippen LogP contribution in [-0.2, 0) is 10.2 Å². The third-order valence-corrected chi connectivity index (χ3v) is 5.98. The predicted octanol–water partition coefficient (Wildman–Crippen LogP) is 4.11. The highest BCUT2D eigenvalue weighted by atomic mass is 16.2. The van der Waals surface area contributed by atoms with Crippen LogP contribution in [0.1, 0.15) is 39.7 Å². The number of allylic oxidation sites excluding steroid dienone is 2. The maximum absolute atomic E-state index is 12.7. The van der Waals surface area contributed by atoms with Gasteiger partial charge in [0.1, 0.15) is 6.17 Å². The van der Waals surface area contributed by atoms with E-state index in [1.807, 2.05) is 18.0 Å². The van der Waals surface area contributed by atoms with Crippen LogP contribution in [0.3, 0.4) is 0 Å². The van der Waals surface area contributed by atoms with Crippen LogP contribution in [0, 0.1) is 5.41 Å². The third kappa shape index (κ3) is 2.07. The molecule has 2 atom stereocenters. The molecule has 0 unspecified atom stereocenters. The van der Waals surface area contributed by atoms with E-state index in [1.165, 1.54) is 16.8 Å². The van der Waals surface area contributed by atoms with Gasteiger partial charge in [0.15, 0.2) is 0 Å². The predicted molar refractivity (Wildman–Crippen MR) is 100 cm³/mol. The van der Waals surface area contributed by atoms with Crippen LogP contribution in [0.2, 0.25) is 0 Å². The van der Waals surface area contributed by atoms with Gasteiger partial charge in [-0.1, -0.05) is 49.8 Å². The second-order valence-corrected chi connectivity index (χ2v) is 7.90. The maximum Gasteiger partial charge on any atom is 0.225 e. The zero-order valence-corrected chi connectivity index (χ0v) is 15.5. The lowest BCUT2D eigenvalue weighted by atomic mass is 9.60. The Morgan fingerprint density at radius 1 is 1.38 bits per heavy atom. The zero-order valence-electron chi connectivity index (χ0n) is 15.5. The number of benzene rings is 1. The lowest BCUT2D eigenvalue weighted by Crippen LogP contribution is -2.54. The van der Waals surface area contributed by atoms with Gasteiger partial charge in [-0.05, 0) is 30.9 Å². The van der Waals surface area contributed by atoms with E-state index in [-0.39, 0.29) is 22.9 Å². The van der Waals surface area contributed by atoms with Crippen LogP contribution in [0.4, 0.5) is 5.69 Å². The van der Waals surface area contributed by atoms with Gasteiger partial charge < -0.3 is 9.80 Å². The Hall–Kier alpha value is -2.03. The topological polar surface area (TPSA) is 23.6 Å². The highest BCUT2D eigenvalue weighted by molar-refractivity contribution is 5.86. The maximum atomic E-state index is 12.7. The van der Waals surface area contributed by atoms with Crippen molar-refractivity contribution in [3.8, 4) is 0 Å². The highest BCUT2D eigenvalue weighted by Crippen LogP contribution is 2.60. The molecule has 1 fully saturated rings. The van der Waals surface area contributed by atoms with Crippen molar-refractivity contribution in [3.05, 3.63) is 54.1 Å². The van der Waals surface area contributed by atoms with Gasteiger partial charge in [-0.3, -0.25) is 4.79 Å². The largest absolute Gasteiger partial charge is 0.346 e. The smallest absolute Gasteiger partial charge is 0.225 e. The van der Waals surface area contributed by atoms with E-state index in [2.05, 4.69) is 69.5 Å². The number of carbonyl (C=O) groups is 1. The van der Waals surface area contributed by atoms with Crippen molar-refractivity contribution < 1.29 is 4.79 Å². The summed E-state index contributed by atoms with van der Waals surface area (Å²) in [6.07, 6.45) is 4.83. The summed E-state index contributed by atoms with van der Waals surface area (Å²) in [6, 6.07) is 8.56. The minimum Gasteiger partial charge on any atom is -0.346 e. The van der Waals surface area contributed by atoms with Gasteiger partial charge >= 0.3 is 0 Å². The first-order valence-corrected chi connectivity index (χ1v) is 8.65. The average molecular weight is 324 g/mol. The molecule has 0 radical (unpaired) electrons. The van der Waals surface area contributed by atoms with E-state index < -0.39 is 0 Å². The molecular formula is C21H28N2O. The van der Waals surface area contributed by atoms with Gasteiger partial charge in [-0.15, -0.1) is 6.58 Å². The molecule has 24 heavy (non-hydrogen) atoms. The Morgan fingerprint density at radius 3 is 2.67 bits per heavy atom. The minimum absolute atomic E-state index is 0.0333. The molecule has 0 N–H and O–H groups in total. The van der Waals surface area contributed by atoms with Gasteiger partial charge in [0, 0.05) is 25.7 Å². The summed E-state index contributed by atoms with van der Waals surface area (Å²) in [5.74, 6) is 0.214. The first-order chi connectivity index (χ1) is 11.3. The lowest BCUT2D eigenvalue weighted by Gasteiger charge is -2.44. The van der Waals surface area contributed by atoms with E-state index in [4.69, 9.17) is 0 Å². The summed E-state index contributed by atoms with van der Waals surface area (Å²) in [4.78, 5) is 17.0. The molecule has 3 rings (SSSR count). The van der Waals surface area contributed by atoms with Crippen LogP contribution in [-0.4, -0.2) is 30.6 Å². The standard InChI is InChI=1S/C21H28N2O/c1-7-20(4,5)21-14-18(24)22(6)19(21)23(13-12-15(2)3)17-11-9-8-10-16(17)21/h7-12,19H,1,13-14H2,2-6H3/t19-,21-/m1/s1. The average Bonchev–Trinajstić information content (AvgIpc) is 2.98. The third-order valence-electron chi connectivity index (χ3n) is 5.98. The zero-order chi connectivity index (χ0) is 17.7. The molecule has 2 heterocycles. The monoisotopic (exact) mass is 324 g/mol. The number of hydrogen-bond donors (Lipinski definition) is 0. The Bertz CT molecular complexity index is 714. The summed E-state index contributed by atoms with van der Waals surface area (Å²) in [5, 5.41) is 0. The Morgan fingerprint density at radius 2 is 2.04 bits per heavy atom. The number of amides is 1. The highest BCUT2D eigenvalue weighted by Gasteiger charge is 2.64. The van der Waals surface area contributed by atoms with Gasteiger partial charge in [-0.2, -0.15) is 0 Å². The van der Waals surface area contributed by atoms with Crippen molar-refractivity contribution >= 4 is 11.6 Å². The molecule has 2 aliphatic rings. The number of fused-ring (bicyclic) bond motifs is 3. The van der Waals surface area contributed by atoms with E-state index in [9.17, 15) is 4.79 Å². The normalized spacial score (nSPS) is 25.5. The fourth-order valence-electron chi connectivity index (χ4n) is 4.43. The van der Waals surface area contributed by atoms with Crippen LogP contribution in [0.5, 0.6) is 0 Å². The van der Waals surface area contributed by atoms with Crippen LogP contribution in [0.25, 0.3) is 0 Å². The fourth-order valence-corrected chi connectivity index (χ4v) is 4.43. The molecule has 0 bridgehead atoms. The summed E-state index contributed by atoms with van der Waals surface area (Å²) >= 11 is 0. The molecular weight excluding hydrogens is 296 g/mol. The number of likely N-dealkylation sites (tertiary alicyclic amines) is 1. The van der Waals surface area contributed by atoms with Crippen molar-refractivity contribution in [1.82, 2.24) is 4.90 Å². The fraction of sp³-hybridized carbons (Fsp3) is 0.476. The van der Waals surface area contributed by atoms with Crippen molar-refractivity contribution in [2.45, 2.75) is 45.7 Å². The van der Waals surface area contributed by atoms with E-state index in [0.717, 1.165) is 6.54 Å². The number of nitrogens with zero attached hydrogens (tertiary/aromatic N) is 2. The lowest BCUT2D eigenvalue weighted by molar-refractivity contribution is -0.127. The number of rotatable bonds is 4. The van der Waals surface area contributed by atoms with Gasteiger partial charge in [0.05, 0.1) is 5.41 Å². The summed E-state index contributed by atoms with van der Waals surface area (Å²) in [7, 11) is 1.94. The molecule has 1 saturated heterocycles. The molecule has 1 aromatic carbocycles. The first-order valence-electron chi connectivity index (χ1n) is 8.65. The van der Waals surface area contributed by atoms with Crippen molar-refractivity contribution in [1.29, 1.82) is 0 Å². The Kier molecular flexibility index (Phi) is 3.86. The van der Waals surface area contributed by atoms with E-state index in [0.29, 0.717) is 6.42 Å². The van der Waals surface area contributed by atoms with Crippen molar-refractivity contribution in [3.63, 3.8) is 0 Å². The molecule has 0 saturated carbocycles. The molecule has 0 aromatic heterocycles. The van der Waals surface area contributed by atoms with Crippen LogP contribution in [0.15, 0.2) is 48.6 Å². The molecule has 1 aromatic rings. The van der Waals surface area contributed by atoms with Gasteiger partial charge in [0.2, 0.25) is 5.91 Å². The molecule has 0 spiro atoms. The molecule has 3 heteroatoms. The van der Waals surface area contributed by atoms with E-state index in [1.54, 1.807) is 0 Å². The quantitative estimate of drug-likeness (QED) is 0.778. The number of likely N-dealkylation sites (N-methyl/N-ethyl adjacent to an activating group) is 1. The summed E-state index contributed by atoms with van der Waals surface area (Å²) in [6.45, 7) is 13.6. The second kappa shape index (κ2) is 5.51. The first kappa shape index (κ1) is 16.8. The van der Waals surface area contributed by atoms with Crippen LogP contribution < -0.4 is 4.90 Å². The van der Waals surface area contributed by atoms with Crippen molar-refractivity contribution in [2.24, 2.45) is 5.41 Å². The Balaban J connectivity index is 2.24. The van der Waals surface area contributed by atoms with Gasteiger partial charge in [0.25, 0.3) is 0 Å². The van der Waals surface area contributed by atoms with E-state index >= 15 is 0 Å². The Labute approximate surface area is 145 Å². The SMILES string of the molecule is C=CC(C)(C)[C@@]12CC(=O)N(C)[C@@H]1N(CC=C(C)C)c1ccccc12. The number of anilines is 1. The molecule has 1 amide bonds. The molecule has 2 aliphatic heterocycles. The second-order valence-electron chi connectivity index (χ2n) is 7.90. The summed E-state index contributed by atoms with van der Waals surface area (Å²) < 4.78 is 0. The number of carbonyl (C=O) groups excluding carboxylic acids is 1. The van der Waals surface area contributed by atoms with Gasteiger partial charge in [-0.25, -0.2) is 0 Å². The number of para-hydroxylation sites is 1. The van der Waals surface area contributed by atoms with Crippen molar-refractivity contribution in [2.75, 3.05) is 18.5 Å². The molecule has 128 valence electrons. The molecule has 3 nitrogen and oxygen atoms in total. The van der Waals surface area contributed by atoms with Crippen LogP contribution >= 0.6 is 0 Å².